The van der Waals surface area contributed by atoms with Crippen molar-refractivity contribution in [3.05, 3.63) is 51.0 Å². The first-order valence-electron chi connectivity index (χ1n) is 10.4. The first-order chi connectivity index (χ1) is 14.5. The fraction of sp³-hybridized carbons (Fsp3) is 0.500. The first kappa shape index (κ1) is 22.2. The molecule has 1 atom stereocenters. The predicted molar refractivity (Wildman–Crippen MR) is 121 cm³/mol. The molecule has 0 spiro atoms. The van der Waals surface area contributed by atoms with Crippen LogP contribution in [-0.4, -0.2) is 61.1 Å². The molecule has 1 aliphatic heterocycles. The van der Waals surface area contributed by atoms with Crippen LogP contribution in [-0.2, 0) is 4.74 Å². The molecule has 1 amide bonds. The highest BCUT2D eigenvalue weighted by Crippen LogP contribution is 2.25. The summed E-state index contributed by atoms with van der Waals surface area (Å²) in [7, 11) is 0. The Bertz CT molecular complexity index is 895. The highest BCUT2D eigenvalue weighted by atomic mass is 32.1. The molecule has 1 aromatic heterocycles. The van der Waals surface area contributed by atoms with Crippen LogP contribution in [0.15, 0.2) is 28.7 Å². The summed E-state index contributed by atoms with van der Waals surface area (Å²) in [6.07, 6.45) is 0.0252. The summed E-state index contributed by atoms with van der Waals surface area (Å²) < 4.78 is 6.07. The summed E-state index contributed by atoms with van der Waals surface area (Å²) in [6, 6.07) is 6.50. The molecule has 1 fully saturated rings. The van der Waals surface area contributed by atoms with Gasteiger partial charge in [0.1, 0.15) is 11.0 Å². The number of aliphatic imine (C=N–C) groups is 1. The Kier molecular flexibility index (Phi) is 7.81. The third-order valence-electron chi connectivity index (χ3n) is 5.08. The molecule has 1 aromatic carbocycles. The monoisotopic (exact) mass is 429 g/mol. The van der Waals surface area contributed by atoms with Gasteiger partial charge in [0.05, 0.1) is 30.9 Å². The van der Waals surface area contributed by atoms with E-state index in [-0.39, 0.29) is 12.0 Å². The van der Waals surface area contributed by atoms with Crippen molar-refractivity contribution >= 4 is 23.2 Å². The van der Waals surface area contributed by atoms with Crippen LogP contribution in [0.5, 0.6) is 0 Å². The van der Waals surface area contributed by atoms with Crippen molar-refractivity contribution in [3.8, 4) is 0 Å². The highest BCUT2D eigenvalue weighted by Gasteiger charge is 2.25. The second kappa shape index (κ2) is 10.5. The number of ether oxygens (including phenoxy) is 1. The lowest BCUT2D eigenvalue weighted by atomic mass is 10.00. The number of aromatic nitrogens is 1. The average Bonchev–Trinajstić information content (AvgIpc) is 3.16. The number of rotatable bonds is 6. The maximum Gasteiger partial charge on any atom is 0.263 e. The van der Waals surface area contributed by atoms with Gasteiger partial charge in [-0.25, -0.2) is 4.98 Å². The smallest absolute Gasteiger partial charge is 0.263 e. The van der Waals surface area contributed by atoms with E-state index in [4.69, 9.17) is 9.73 Å². The quantitative estimate of drug-likeness (QED) is 0.419. The van der Waals surface area contributed by atoms with Crippen molar-refractivity contribution in [2.24, 2.45) is 4.99 Å². The number of hydrogen-bond acceptors (Lipinski definition) is 5. The Morgan fingerprint density at radius 3 is 2.87 bits per heavy atom. The zero-order valence-electron chi connectivity index (χ0n) is 18.2. The van der Waals surface area contributed by atoms with Gasteiger partial charge in [0.25, 0.3) is 5.91 Å². The van der Waals surface area contributed by atoms with Gasteiger partial charge in [0, 0.05) is 19.6 Å². The molecule has 8 heteroatoms. The number of thiazole rings is 1. The summed E-state index contributed by atoms with van der Waals surface area (Å²) in [6.45, 7) is 12.1. The number of benzene rings is 1. The topological polar surface area (TPSA) is 78.8 Å². The molecule has 1 aliphatic rings. The molecule has 2 aromatic rings. The third-order valence-corrected chi connectivity index (χ3v) is 6.01. The Morgan fingerprint density at radius 1 is 1.33 bits per heavy atom. The zero-order valence-corrected chi connectivity index (χ0v) is 19.0. The standard InChI is InChI=1S/C22H31N5O2S/c1-5-23-22(25-9-8-24-21(28)20-17(4)26-14-30-20)27-10-11-29-19(13-27)18-7-6-15(2)12-16(18)3/h6-7,12,14,19H,5,8-11,13H2,1-4H3,(H,23,25)(H,24,28). The molecule has 0 aliphatic carbocycles. The van der Waals surface area contributed by atoms with Gasteiger partial charge in [-0.15, -0.1) is 11.3 Å². The summed E-state index contributed by atoms with van der Waals surface area (Å²) in [5, 5.41) is 6.30. The van der Waals surface area contributed by atoms with E-state index < -0.39 is 0 Å². The van der Waals surface area contributed by atoms with E-state index in [2.05, 4.69) is 59.5 Å². The molecule has 0 bridgehead atoms. The van der Waals surface area contributed by atoms with Crippen molar-refractivity contribution in [2.45, 2.75) is 33.8 Å². The van der Waals surface area contributed by atoms with Gasteiger partial charge in [0.15, 0.2) is 5.96 Å². The fourth-order valence-electron chi connectivity index (χ4n) is 3.57. The van der Waals surface area contributed by atoms with Crippen molar-refractivity contribution in [1.82, 2.24) is 20.5 Å². The molecule has 2 N–H and O–H groups in total. The van der Waals surface area contributed by atoms with E-state index in [0.29, 0.717) is 24.6 Å². The fourth-order valence-corrected chi connectivity index (χ4v) is 4.29. The molecular weight excluding hydrogens is 398 g/mol. The van der Waals surface area contributed by atoms with Crippen molar-refractivity contribution in [2.75, 3.05) is 39.3 Å². The number of carbonyl (C=O) groups is 1. The molecule has 1 unspecified atom stereocenters. The van der Waals surface area contributed by atoms with E-state index >= 15 is 0 Å². The molecule has 1 saturated heterocycles. The van der Waals surface area contributed by atoms with Crippen LogP contribution in [0.3, 0.4) is 0 Å². The normalized spacial score (nSPS) is 17.1. The zero-order chi connectivity index (χ0) is 21.5. The van der Waals surface area contributed by atoms with Gasteiger partial charge in [-0.05, 0) is 38.8 Å². The summed E-state index contributed by atoms with van der Waals surface area (Å²) in [5.74, 6) is 0.773. The minimum absolute atomic E-state index is 0.0252. The van der Waals surface area contributed by atoms with Crippen LogP contribution in [0.1, 0.15) is 45.1 Å². The van der Waals surface area contributed by atoms with E-state index in [9.17, 15) is 4.79 Å². The molecule has 162 valence electrons. The van der Waals surface area contributed by atoms with Crippen LogP contribution in [0, 0.1) is 20.8 Å². The lowest BCUT2D eigenvalue weighted by Gasteiger charge is -2.36. The lowest BCUT2D eigenvalue weighted by Crippen LogP contribution is -2.48. The first-order valence-corrected chi connectivity index (χ1v) is 11.3. The van der Waals surface area contributed by atoms with Crippen LogP contribution in [0.2, 0.25) is 0 Å². The second-order valence-corrected chi connectivity index (χ2v) is 8.28. The van der Waals surface area contributed by atoms with Crippen LogP contribution < -0.4 is 10.6 Å². The van der Waals surface area contributed by atoms with Crippen LogP contribution >= 0.6 is 11.3 Å². The number of nitrogens with zero attached hydrogens (tertiary/aromatic N) is 3. The summed E-state index contributed by atoms with van der Waals surface area (Å²) >= 11 is 1.36. The van der Waals surface area contributed by atoms with E-state index in [0.717, 1.165) is 31.3 Å². The molecule has 0 saturated carbocycles. The van der Waals surface area contributed by atoms with E-state index in [1.165, 1.54) is 28.0 Å². The number of hydrogen-bond donors (Lipinski definition) is 2. The summed E-state index contributed by atoms with van der Waals surface area (Å²) in [5.41, 5.74) is 6.20. The van der Waals surface area contributed by atoms with Gasteiger partial charge in [-0.3, -0.25) is 9.79 Å². The number of amides is 1. The Balaban J connectivity index is 1.60. The molecule has 0 radical (unpaired) electrons. The Hall–Kier alpha value is -2.45. The van der Waals surface area contributed by atoms with Gasteiger partial charge in [-0.2, -0.15) is 0 Å². The van der Waals surface area contributed by atoms with Crippen LogP contribution in [0.4, 0.5) is 0 Å². The predicted octanol–water partition coefficient (Wildman–Crippen LogP) is 2.84. The van der Waals surface area contributed by atoms with Gasteiger partial charge in [-0.1, -0.05) is 23.8 Å². The number of guanidine groups is 1. The van der Waals surface area contributed by atoms with Gasteiger partial charge >= 0.3 is 0 Å². The van der Waals surface area contributed by atoms with Gasteiger partial charge < -0.3 is 20.3 Å². The van der Waals surface area contributed by atoms with Crippen molar-refractivity contribution in [3.63, 3.8) is 0 Å². The Labute approximate surface area is 182 Å². The SMILES string of the molecule is CCNC(=NCCNC(=O)c1scnc1C)N1CCOC(c2ccc(C)cc2C)C1. The third kappa shape index (κ3) is 5.58. The van der Waals surface area contributed by atoms with Crippen LogP contribution in [0.25, 0.3) is 0 Å². The molecule has 3 rings (SSSR count). The Morgan fingerprint density at radius 2 is 2.17 bits per heavy atom. The maximum absolute atomic E-state index is 12.2. The minimum atomic E-state index is -0.0866. The molecule has 7 nitrogen and oxygen atoms in total. The second-order valence-electron chi connectivity index (χ2n) is 7.42. The largest absolute Gasteiger partial charge is 0.370 e. The minimum Gasteiger partial charge on any atom is -0.370 e. The maximum atomic E-state index is 12.2. The average molecular weight is 430 g/mol. The highest BCUT2D eigenvalue weighted by molar-refractivity contribution is 7.11. The molecular formula is C22H31N5O2S. The van der Waals surface area contributed by atoms with E-state index in [1.54, 1.807) is 5.51 Å². The van der Waals surface area contributed by atoms with Crippen molar-refractivity contribution < 1.29 is 9.53 Å². The van der Waals surface area contributed by atoms with E-state index in [1.807, 2.05) is 6.92 Å². The molecule has 2 heterocycles. The number of carbonyl (C=O) groups excluding carboxylic acids is 1. The summed E-state index contributed by atoms with van der Waals surface area (Å²) in [4.78, 5) is 24.0. The lowest BCUT2D eigenvalue weighted by molar-refractivity contribution is -0.00832. The van der Waals surface area contributed by atoms with Crippen molar-refractivity contribution in [1.29, 1.82) is 0 Å². The molecule has 30 heavy (non-hydrogen) atoms. The van der Waals surface area contributed by atoms with Gasteiger partial charge in [0.2, 0.25) is 0 Å². The number of aryl methyl sites for hydroxylation is 3. The number of nitrogens with one attached hydrogen (secondary N) is 2. The number of morpholine rings is 1.